The Labute approximate surface area is 295 Å². The number of likely N-dealkylation sites (N-methyl/N-ethyl adjacent to an activating group) is 1. The summed E-state index contributed by atoms with van der Waals surface area (Å²) in [5.74, 6) is 0.109. The van der Waals surface area contributed by atoms with Crippen molar-refractivity contribution in [3.05, 3.63) is 168 Å². The first-order chi connectivity index (χ1) is 23.6. The van der Waals surface area contributed by atoms with Gasteiger partial charge in [-0.25, -0.2) is 0 Å². The van der Waals surface area contributed by atoms with Crippen LogP contribution < -0.4 is 10.4 Å². The lowest BCUT2D eigenvalue weighted by atomic mass is 10.0. The standard InChI is InChI=1S/C44H52N2O2Si/c1-35(46(33-37-22-12-7-13-23-37)34-38-24-14-8-15-25-38)32-42(47)45(6)36(2)43(39-26-16-9-17-27-39)48-49(44(3,4)5,40-28-18-10-19-29-40)41-30-20-11-21-31-41/h7-31,35-36,43H,32-34H2,1-6H3/t35-,36-,43+/m0/s1. The quantitative estimate of drug-likeness (QED) is 0.111. The molecule has 0 unspecified atom stereocenters. The zero-order chi connectivity index (χ0) is 34.9. The first-order valence-corrected chi connectivity index (χ1v) is 19.4. The minimum absolute atomic E-state index is 0.0235. The third-order valence-corrected chi connectivity index (χ3v) is 14.9. The van der Waals surface area contributed by atoms with Crippen LogP contribution in [0.15, 0.2) is 152 Å². The molecule has 0 aromatic heterocycles. The van der Waals surface area contributed by atoms with E-state index in [2.05, 4.69) is 173 Å². The molecule has 0 radical (unpaired) electrons. The molecule has 49 heavy (non-hydrogen) atoms. The fourth-order valence-electron chi connectivity index (χ4n) is 6.93. The van der Waals surface area contributed by atoms with Crippen molar-refractivity contribution < 1.29 is 9.22 Å². The topological polar surface area (TPSA) is 32.8 Å². The van der Waals surface area contributed by atoms with Crippen molar-refractivity contribution in [1.29, 1.82) is 0 Å². The Morgan fingerprint density at radius 1 is 0.633 bits per heavy atom. The maximum atomic E-state index is 14.3. The Hall–Kier alpha value is -4.29. The van der Waals surface area contributed by atoms with Gasteiger partial charge in [-0.2, -0.15) is 0 Å². The van der Waals surface area contributed by atoms with Crippen LogP contribution in [0.3, 0.4) is 0 Å². The average molecular weight is 669 g/mol. The monoisotopic (exact) mass is 668 g/mol. The van der Waals surface area contributed by atoms with E-state index in [1.54, 1.807) is 0 Å². The molecule has 0 fully saturated rings. The Morgan fingerprint density at radius 3 is 1.43 bits per heavy atom. The second-order valence-corrected chi connectivity index (χ2v) is 18.5. The molecule has 0 N–H and O–H groups in total. The molecule has 5 heteroatoms. The average Bonchev–Trinajstić information content (AvgIpc) is 3.12. The number of nitrogens with zero attached hydrogens (tertiary/aromatic N) is 2. The van der Waals surface area contributed by atoms with Gasteiger partial charge in [-0.15, -0.1) is 0 Å². The van der Waals surface area contributed by atoms with Crippen LogP contribution in [-0.4, -0.2) is 43.2 Å². The van der Waals surface area contributed by atoms with Crippen LogP contribution in [0.5, 0.6) is 0 Å². The summed E-state index contributed by atoms with van der Waals surface area (Å²) in [5, 5.41) is 2.25. The molecule has 0 bridgehead atoms. The molecular weight excluding hydrogens is 617 g/mol. The number of carbonyl (C=O) groups is 1. The van der Waals surface area contributed by atoms with Gasteiger partial charge in [0.1, 0.15) is 0 Å². The van der Waals surface area contributed by atoms with Gasteiger partial charge in [0.25, 0.3) is 8.32 Å². The maximum absolute atomic E-state index is 14.3. The van der Waals surface area contributed by atoms with E-state index in [0.717, 1.165) is 18.7 Å². The Morgan fingerprint density at radius 2 is 1.02 bits per heavy atom. The predicted molar refractivity (Wildman–Crippen MR) is 206 cm³/mol. The lowest BCUT2D eigenvalue weighted by Crippen LogP contribution is -2.67. The molecule has 1 amide bonds. The summed E-state index contributed by atoms with van der Waals surface area (Å²) >= 11 is 0. The van der Waals surface area contributed by atoms with E-state index in [1.165, 1.54) is 21.5 Å². The van der Waals surface area contributed by atoms with E-state index in [0.29, 0.717) is 6.42 Å². The van der Waals surface area contributed by atoms with Gasteiger partial charge in [0.2, 0.25) is 5.91 Å². The van der Waals surface area contributed by atoms with Gasteiger partial charge >= 0.3 is 0 Å². The van der Waals surface area contributed by atoms with Crippen LogP contribution in [0, 0.1) is 0 Å². The molecular formula is C44H52N2O2Si. The van der Waals surface area contributed by atoms with Crippen molar-refractivity contribution in [2.75, 3.05) is 7.05 Å². The van der Waals surface area contributed by atoms with E-state index >= 15 is 0 Å². The number of benzene rings is 5. The molecule has 5 rings (SSSR count). The zero-order valence-corrected chi connectivity index (χ0v) is 31.0. The largest absolute Gasteiger partial charge is 0.398 e. The molecule has 4 nitrogen and oxygen atoms in total. The van der Waals surface area contributed by atoms with Gasteiger partial charge in [-0.1, -0.05) is 172 Å². The minimum atomic E-state index is -2.92. The van der Waals surface area contributed by atoms with Crippen molar-refractivity contribution in [2.24, 2.45) is 0 Å². The lowest BCUT2D eigenvalue weighted by Gasteiger charge is -2.47. The molecule has 254 valence electrons. The number of carbonyl (C=O) groups excluding carboxylic acids is 1. The summed E-state index contributed by atoms with van der Waals surface area (Å²) in [6.45, 7) is 12.8. The molecule has 0 aliphatic rings. The first kappa shape index (κ1) is 36.0. The molecule has 0 aliphatic heterocycles. The highest BCUT2D eigenvalue weighted by Gasteiger charge is 2.52. The SMILES string of the molecule is C[C@@H](CC(=O)N(C)[C@@H](C)[C@@H](O[Si](c1ccccc1)(c1ccccc1)C(C)(C)C)c1ccccc1)N(Cc1ccccc1)Cc1ccccc1. The first-order valence-electron chi connectivity index (χ1n) is 17.5. The summed E-state index contributed by atoms with van der Waals surface area (Å²) in [5.41, 5.74) is 3.55. The van der Waals surface area contributed by atoms with Crippen LogP contribution in [-0.2, 0) is 22.3 Å². The van der Waals surface area contributed by atoms with E-state index in [9.17, 15) is 4.79 Å². The number of hydrogen-bond acceptors (Lipinski definition) is 3. The van der Waals surface area contributed by atoms with Gasteiger partial charge in [0, 0.05) is 32.6 Å². The van der Waals surface area contributed by atoms with Crippen LogP contribution in [0.4, 0.5) is 0 Å². The third kappa shape index (κ3) is 8.66. The highest BCUT2D eigenvalue weighted by Crippen LogP contribution is 2.41. The fraction of sp³-hybridized carbons (Fsp3) is 0.295. The summed E-state index contributed by atoms with van der Waals surface area (Å²) in [7, 11) is -0.974. The minimum Gasteiger partial charge on any atom is -0.398 e. The summed E-state index contributed by atoms with van der Waals surface area (Å²) in [4.78, 5) is 18.6. The van der Waals surface area contributed by atoms with Gasteiger partial charge in [0.15, 0.2) is 0 Å². The summed E-state index contributed by atoms with van der Waals surface area (Å²) < 4.78 is 7.74. The van der Waals surface area contributed by atoms with E-state index < -0.39 is 8.32 Å². The van der Waals surface area contributed by atoms with Gasteiger partial charge in [0.05, 0.1) is 12.1 Å². The number of rotatable bonds is 14. The van der Waals surface area contributed by atoms with Crippen molar-refractivity contribution in [1.82, 2.24) is 9.80 Å². The number of amides is 1. The molecule has 5 aromatic carbocycles. The fourth-order valence-corrected chi connectivity index (χ4v) is 11.7. The van der Waals surface area contributed by atoms with Gasteiger partial charge in [-0.3, -0.25) is 9.69 Å². The second kappa shape index (κ2) is 16.4. The maximum Gasteiger partial charge on any atom is 0.262 e. The molecule has 0 aliphatic carbocycles. The van der Waals surface area contributed by atoms with Crippen LogP contribution in [0.25, 0.3) is 0 Å². The summed E-state index contributed by atoms with van der Waals surface area (Å²) in [6.07, 6.45) is 0.0582. The highest BCUT2D eigenvalue weighted by atomic mass is 28.4. The molecule has 0 spiro atoms. The molecule has 3 atom stereocenters. The van der Waals surface area contributed by atoms with Crippen LogP contribution in [0.1, 0.15) is 63.8 Å². The molecule has 5 aromatic rings. The van der Waals surface area contributed by atoms with E-state index in [1.807, 2.05) is 30.1 Å². The normalized spacial score (nSPS) is 13.9. The van der Waals surface area contributed by atoms with E-state index in [4.69, 9.17) is 4.43 Å². The third-order valence-electron chi connectivity index (χ3n) is 9.84. The van der Waals surface area contributed by atoms with Crippen LogP contribution >= 0.6 is 0 Å². The van der Waals surface area contributed by atoms with Crippen molar-refractivity contribution in [3.63, 3.8) is 0 Å². The molecule has 0 saturated carbocycles. The van der Waals surface area contributed by atoms with Gasteiger partial charge in [-0.05, 0) is 45.9 Å². The second-order valence-electron chi connectivity index (χ2n) is 14.3. The zero-order valence-electron chi connectivity index (χ0n) is 30.0. The highest BCUT2D eigenvalue weighted by molar-refractivity contribution is 6.99. The number of hydrogen-bond donors (Lipinski definition) is 0. The lowest BCUT2D eigenvalue weighted by molar-refractivity contribution is -0.135. The smallest absolute Gasteiger partial charge is 0.262 e. The Bertz CT molecular complexity index is 1630. The van der Waals surface area contributed by atoms with Gasteiger partial charge < -0.3 is 9.33 Å². The van der Waals surface area contributed by atoms with Crippen LogP contribution in [0.2, 0.25) is 5.04 Å². The van der Waals surface area contributed by atoms with Crippen molar-refractivity contribution >= 4 is 24.6 Å². The Balaban J connectivity index is 1.46. The molecule has 0 saturated heterocycles. The van der Waals surface area contributed by atoms with Crippen molar-refractivity contribution in [3.8, 4) is 0 Å². The summed E-state index contributed by atoms with van der Waals surface area (Å²) in [6, 6.07) is 52.8. The molecule has 0 heterocycles. The Kier molecular flexibility index (Phi) is 12.1. The predicted octanol–water partition coefficient (Wildman–Crippen LogP) is 8.63. The van der Waals surface area contributed by atoms with E-state index in [-0.39, 0.29) is 29.1 Å². The van der Waals surface area contributed by atoms with Crippen molar-refractivity contribution in [2.45, 2.75) is 77.4 Å².